The highest BCUT2D eigenvalue weighted by Crippen LogP contribution is 2.39. The summed E-state index contributed by atoms with van der Waals surface area (Å²) < 4.78 is 19.4. The van der Waals surface area contributed by atoms with Crippen molar-refractivity contribution in [2.24, 2.45) is 0 Å². The van der Waals surface area contributed by atoms with Gasteiger partial charge in [-0.05, 0) is 54.4 Å². The number of ether oxygens (including phenoxy) is 1. The number of rotatable bonds is 5. The Morgan fingerprint density at radius 3 is 2.35 bits per heavy atom. The summed E-state index contributed by atoms with van der Waals surface area (Å²) in [7, 11) is 1.55. The highest BCUT2D eigenvalue weighted by Gasteiger charge is 2.40. The minimum absolute atomic E-state index is 0.230. The lowest BCUT2D eigenvalue weighted by atomic mass is 10.0. The Morgan fingerprint density at radius 1 is 1.00 bits per heavy atom. The average Bonchev–Trinajstić information content (AvgIpc) is 2.81. The molecule has 5 nitrogen and oxygen atoms in total. The first-order valence-electron chi connectivity index (χ1n) is 10.2. The Bertz CT molecular complexity index is 1100. The SMILES string of the molecule is CC[C@@H]1C(=O)N(Cc2ccccc2)c2cc(F)ccc2N1C(=O)c1ccc(OC)cc1. The lowest BCUT2D eigenvalue weighted by Gasteiger charge is -2.41. The maximum atomic E-state index is 14.2. The standard InChI is InChI=1S/C25H23FN2O3/c1-3-21-25(30)27(16-17-7-5-4-6-8-17)23-15-19(26)11-14-22(23)28(21)24(29)18-9-12-20(31-2)13-10-18/h4-15,21H,3,16H2,1-2H3/t21-/m1/s1. The molecule has 4 rings (SSSR count). The highest BCUT2D eigenvalue weighted by atomic mass is 19.1. The maximum Gasteiger partial charge on any atom is 0.259 e. The first kappa shape index (κ1) is 20.6. The number of hydrogen-bond acceptors (Lipinski definition) is 3. The van der Waals surface area contributed by atoms with Crippen molar-refractivity contribution >= 4 is 23.2 Å². The van der Waals surface area contributed by atoms with Crippen LogP contribution in [-0.4, -0.2) is 25.0 Å². The minimum Gasteiger partial charge on any atom is -0.497 e. The number of amides is 2. The molecule has 0 bridgehead atoms. The third-order valence-corrected chi connectivity index (χ3v) is 5.48. The third kappa shape index (κ3) is 3.89. The van der Waals surface area contributed by atoms with Gasteiger partial charge in [-0.1, -0.05) is 37.3 Å². The zero-order chi connectivity index (χ0) is 22.0. The Labute approximate surface area is 180 Å². The van der Waals surface area contributed by atoms with E-state index >= 15 is 0 Å². The number of methoxy groups -OCH3 is 1. The van der Waals surface area contributed by atoms with E-state index in [4.69, 9.17) is 4.74 Å². The van der Waals surface area contributed by atoms with Gasteiger partial charge in [0, 0.05) is 5.56 Å². The van der Waals surface area contributed by atoms with Crippen LogP contribution in [0.3, 0.4) is 0 Å². The quantitative estimate of drug-likeness (QED) is 0.598. The van der Waals surface area contributed by atoms with E-state index in [1.54, 1.807) is 42.3 Å². The zero-order valence-electron chi connectivity index (χ0n) is 17.4. The normalized spacial score (nSPS) is 15.6. The van der Waals surface area contributed by atoms with E-state index < -0.39 is 11.9 Å². The van der Waals surface area contributed by atoms with Crippen LogP contribution >= 0.6 is 0 Å². The van der Waals surface area contributed by atoms with Gasteiger partial charge in [0.1, 0.15) is 17.6 Å². The van der Waals surface area contributed by atoms with E-state index in [-0.39, 0.29) is 11.8 Å². The van der Waals surface area contributed by atoms with Crippen molar-refractivity contribution in [2.75, 3.05) is 16.9 Å². The largest absolute Gasteiger partial charge is 0.497 e. The molecule has 6 heteroatoms. The first-order valence-corrected chi connectivity index (χ1v) is 10.2. The van der Waals surface area contributed by atoms with Crippen LogP contribution in [0.2, 0.25) is 0 Å². The average molecular weight is 418 g/mol. The molecule has 3 aromatic carbocycles. The maximum absolute atomic E-state index is 14.2. The fraction of sp³-hybridized carbons (Fsp3) is 0.200. The summed E-state index contributed by atoms with van der Waals surface area (Å²) in [4.78, 5) is 30.0. The molecular weight excluding hydrogens is 395 g/mol. The Balaban J connectivity index is 1.79. The number of fused-ring (bicyclic) bond motifs is 1. The molecule has 1 atom stereocenters. The number of nitrogens with zero attached hydrogens (tertiary/aromatic N) is 2. The molecule has 1 heterocycles. The lowest BCUT2D eigenvalue weighted by Crippen LogP contribution is -2.55. The van der Waals surface area contributed by atoms with Crippen LogP contribution in [-0.2, 0) is 11.3 Å². The molecule has 0 spiro atoms. The van der Waals surface area contributed by atoms with Gasteiger partial charge in [-0.15, -0.1) is 0 Å². The van der Waals surface area contributed by atoms with E-state index in [1.165, 1.54) is 17.0 Å². The molecule has 31 heavy (non-hydrogen) atoms. The fourth-order valence-corrected chi connectivity index (χ4v) is 3.90. The Morgan fingerprint density at radius 2 is 1.71 bits per heavy atom. The van der Waals surface area contributed by atoms with Gasteiger partial charge in [-0.2, -0.15) is 0 Å². The van der Waals surface area contributed by atoms with Crippen LogP contribution in [0, 0.1) is 5.82 Å². The molecular formula is C25H23FN2O3. The minimum atomic E-state index is -0.684. The number of carbonyl (C=O) groups excluding carboxylic acids is 2. The second-order valence-electron chi connectivity index (χ2n) is 7.37. The number of hydrogen-bond donors (Lipinski definition) is 0. The molecule has 3 aromatic rings. The molecule has 1 aliphatic rings. The number of anilines is 2. The van der Waals surface area contributed by atoms with Crippen LogP contribution in [0.25, 0.3) is 0 Å². The molecule has 0 aliphatic carbocycles. The van der Waals surface area contributed by atoms with Crippen LogP contribution in [0.15, 0.2) is 72.8 Å². The molecule has 0 fully saturated rings. The van der Waals surface area contributed by atoms with Crippen molar-refractivity contribution in [1.82, 2.24) is 0 Å². The van der Waals surface area contributed by atoms with Crippen molar-refractivity contribution in [3.8, 4) is 5.75 Å². The number of carbonyl (C=O) groups is 2. The van der Waals surface area contributed by atoms with Crippen LogP contribution in [0.1, 0.15) is 29.3 Å². The predicted octanol–water partition coefficient (Wildman–Crippen LogP) is 4.81. The molecule has 0 N–H and O–H groups in total. The number of benzene rings is 3. The van der Waals surface area contributed by atoms with Crippen LogP contribution in [0.4, 0.5) is 15.8 Å². The van der Waals surface area contributed by atoms with Crippen molar-refractivity contribution < 1.29 is 18.7 Å². The summed E-state index contributed by atoms with van der Waals surface area (Å²) in [6.07, 6.45) is 0.433. The fourth-order valence-electron chi connectivity index (χ4n) is 3.90. The summed E-state index contributed by atoms with van der Waals surface area (Å²) in [6.45, 7) is 2.17. The molecule has 0 unspecified atom stereocenters. The van der Waals surface area contributed by atoms with Gasteiger partial charge in [0.05, 0.1) is 25.0 Å². The lowest BCUT2D eigenvalue weighted by molar-refractivity contribution is -0.120. The highest BCUT2D eigenvalue weighted by molar-refractivity contribution is 6.17. The monoisotopic (exact) mass is 418 g/mol. The summed E-state index contributed by atoms with van der Waals surface area (Å²) >= 11 is 0. The second-order valence-corrected chi connectivity index (χ2v) is 7.37. The topological polar surface area (TPSA) is 49.9 Å². The van der Waals surface area contributed by atoms with Gasteiger partial charge in [0.25, 0.3) is 11.8 Å². The smallest absolute Gasteiger partial charge is 0.259 e. The van der Waals surface area contributed by atoms with E-state index in [1.807, 2.05) is 37.3 Å². The Hall–Kier alpha value is -3.67. The summed E-state index contributed by atoms with van der Waals surface area (Å²) in [5.74, 6) is -0.368. The van der Waals surface area contributed by atoms with Gasteiger partial charge >= 0.3 is 0 Å². The van der Waals surface area contributed by atoms with Crippen molar-refractivity contribution in [2.45, 2.75) is 25.9 Å². The van der Waals surface area contributed by atoms with E-state index in [2.05, 4.69) is 0 Å². The predicted molar refractivity (Wildman–Crippen MR) is 118 cm³/mol. The summed E-state index contributed by atoms with van der Waals surface area (Å²) in [5.41, 5.74) is 2.26. The zero-order valence-corrected chi connectivity index (χ0v) is 17.4. The molecule has 0 saturated carbocycles. The van der Waals surface area contributed by atoms with E-state index in [0.29, 0.717) is 35.7 Å². The number of halogens is 1. The van der Waals surface area contributed by atoms with Gasteiger partial charge in [0.2, 0.25) is 0 Å². The summed E-state index contributed by atoms with van der Waals surface area (Å²) in [5, 5.41) is 0. The first-order chi connectivity index (χ1) is 15.0. The van der Waals surface area contributed by atoms with Gasteiger partial charge in [-0.3, -0.25) is 14.5 Å². The van der Waals surface area contributed by atoms with Gasteiger partial charge in [0.15, 0.2) is 0 Å². The molecule has 158 valence electrons. The second kappa shape index (κ2) is 8.60. The van der Waals surface area contributed by atoms with Gasteiger partial charge < -0.3 is 9.64 Å². The van der Waals surface area contributed by atoms with E-state index in [9.17, 15) is 14.0 Å². The molecule has 2 amide bonds. The Kier molecular flexibility index (Phi) is 5.71. The van der Waals surface area contributed by atoms with E-state index in [0.717, 1.165) is 5.56 Å². The summed E-state index contributed by atoms with van der Waals surface area (Å²) in [6, 6.07) is 19.8. The molecule has 0 saturated heterocycles. The third-order valence-electron chi connectivity index (χ3n) is 5.48. The molecule has 0 radical (unpaired) electrons. The van der Waals surface area contributed by atoms with Gasteiger partial charge in [-0.25, -0.2) is 4.39 Å². The van der Waals surface area contributed by atoms with Crippen LogP contribution < -0.4 is 14.5 Å². The van der Waals surface area contributed by atoms with Crippen LogP contribution in [0.5, 0.6) is 5.75 Å². The van der Waals surface area contributed by atoms with Crippen molar-refractivity contribution in [3.05, 3.63) is 89.7 Å². The van der Waals surface area contributed by atoms with Crippen molar-refractivity contribution in [1.29, 1.82) is 0 Å². The molecule has 1 aliphatic heterocycles. The van der Waals surface area contributed by atoms with Crippen molar-refractivity contribution in [3.63, 3.8) is 0 Å². The molecule has 0 aromatic heterocycles.